The van der Waals surface area contributed by atoms with Gasteiger partial charge in [0.15, 0.2) is 5.75 Å². The molecule has 4 heteroatoms. The largest absolute Gasteiger partial charge is 0.488 e. The van der Waals surface area contributed by atoms with Crippen LogP contribution in [0.2, 0.25) is 0 Å². The molecule has 0 saturated carbocycles. The summed E-state index contributed by atoms with van der Waals surface area (Å²) in [5.41, 5.74) is -0.633. The minimum atomic E-state index is -0.513. The summed E-state index contributed by atoms with van der Waals surface area (Å²) < 4.78 is 5.02. The van der Waals surface area contributed by atoms with E-state index < -0.39 is 10.9 Å². The monoisotopic (exact) mass is 183 g/mol. The van der Waals surface area contributed by atoms with Gasteiger partial charge in [0.1, 0.15) is 5.69 Å². The second-order valence-electron chi connectivity index (χ2n) is 2.72. The Bertz CT molecular complexity index is 350. The summed E-state index contributed by atoms with van der Waals surface area (Å²) >= 11 is 0. The van der Waals surface area contributed by atoms with E-state index in [1.165, 1.54) is 0 Å². The molecule has 0 saturated heterocycles. The Balaban J connectivity index is 2.76. The van der Waals surface area contributed by atoms with Gasteiger partial charge in [-0.3, -0.25) is 9.59 Å². The van der Waals surface area contributed by atoms with Gasteiger partial charge in [0.2, 0.25) is 0 Å². The number of nitrogens with one attached hydrogen (secondary N) is 1. The van der Waals surface area contributed by atoms with Crippen LogP contribution in [0.5, 0.6) is 5.75 Å². The number of hydrogen-bond donors (Lipinski definition) is 1. The van der Waals surface area contributed by atoms with Crippen LogP contribution in [-0.4, -0.2) is 13.2 Å². The molecule has 1 N–H and O–H groups in total. The second-order valence-corrected chi connectivity index (χ2v) is 2.72. The van der Waals surface area contributed by atoms with Crippen LogP contribution in [0.15, 0.2) is 9.59 Å². The molecule has 0 spiro atoms. The maximum absolute atomic E-state index is 11.0. The number of rotatable bonds is 5. The van der Waals surface area contributed by atoms with Gasteiger partial charge in [0.05, 0.1) is 6.61 Å². The molecule has 0 unspecified atom stereocenters. The zero-order valence-electron chi connectivity index (χ0n) is 7.85. The van der Waals surface area contributed by atoms with E-state index in [9.17, 15) is 9.59 Å². The average molecular weight is 183 g/mol. The Morgan fingerprint density at radius 2 is 1.92 bits per heavy atom. The molecule has 0 aliphatic carbocycles. The zero-order chi connectivity index (χ0) is 9.84. The van der Waals surface area contributed by atoms with Crippen molar-refractivity contribution in [2.75, 3.05) is 18.5 Å². The molecule has 0 amide bonds. The summed E-state index contributed by atoms with van der Waals surface area (Å²) in [6.07, 6.45) is 0.907. The van der Waals surface area contributed by atoms with Crippen molar-refractivity contribution >= 4 is 5.69 Å². The van der Waals surface area contributed by atoms with Crippen molar-refractivity contribution in [1.29, 1.82) is 0 Å². The van der Waals surface area contributed by atoms with Crippen LogP contribution >= 0.6 is 0 Å². The molecule has 1 aromatic rings. The van der Waals surface area contributed by atoms with Crippen LogP contribution in [-0.2, 0) is 0 Å². The predicted molar refractivity (Wildman–Crippen MR) is 51.3 cm³/mol. The third kappa shape index (κ3) is 1.71. The first-order valence-electron chi connectivity index (χ1n) is 4.42. The maximum Gasteiger partial charge on any atom is 0.272 e. The van der Waals surface area contributed by atoms with E-state index in [0.717, 1.165) is 6.42 Å². The molecule has 72 valence electrons. The molecule has 0 aromatic heterocycles. The van der Waals surface area contributed by atoms with Gasteiger partial charge in [-0.05, 0) is 13.3 Å². The SMILES string of the molecule is CCCNc1c(OCC)c(=O)c1=O. The molecule has 13 heavy (non-hydrogen) atoms. The first-order chi connectivity index (χ1) is 6.22. The van der Waals surface area contributed by atoms with E-state index in [-0.39, 0.29) is 5.75 Å². The average Bonchev–Trinajstić information content (AvgIpc) is 2.16. The van der Waals surface area contributed by atoms with E-state index >= 15 is 0 Å². The minimum absolute atomic E-state index is 0.195. The molecule has 0 heterocycles. The van der Waals surface area contributed by atoms with Crippen molar-refractivity contribution in [1.82, 2.24) is 0 Å². The van der Waals surface area contributed by atoms with Crippen LogP contribution in [0, 0.1) is 0 Å². The lowest BCUT2D eigenvalue weighted by molar-refractivity contribution is 0.334. The maximum atomic E-state index is 11.0. The molecule has 1 aromatic carbocycles. The lowest BCUT2D eigenvalue weighted by Gasteiger charge is -2.11. The number of ether oxygens (including phenoxy) is 1. The predicted octanol–water partition coefficient (Wildman–Crippen LogP) is 0.503. The molecule has 4 nitrogen and oxygen atoms in total. The number of hydrogen-bond acceptors (Lipinski definition) is 4. The standard InChI is InChI=1S/C9H13NO3/c1-3-5-10-6-7(11)8(12)9(6)13-4-2/h10H,3-5H2,1-2H3. The molecule has 0 bridgehead atoms. The molecule has 0 aliphatic rings. The Morgan fingerprint density at radius 3 is 2.46 bits per heavy atom. The van der Waals surface area contributed by atoms with Crippen LogP contribution < -0.4 is 20.9 Å². The molecule has 1 rings (SSSR count). The highest BCUT2D eigenvalue weighted by Crippen LogP contribution is 2.16. The van der Waals surface area contributed by atoms with Crippen molar-refractivity contribution < 1.29 is 4.74 Å². The van der Waals surface area contributed by atoms with E-state index in [2.05, 4.69) is 5.32 Å². The lowest BCUT2D eigenvalue weighted by Crippen LogP contribution is -2.36. The fourth-order valence-electron chi connectivity index (χ4n) is 1.06. The summed E-state index contributed by atoms with van der Waals surface area (Å²) in [6.45, 7) is 4.86. The van der Waals surface area contributed by atoms with Crippen LogP contribution in [0.25, 0.3) is 0 Å². The summed E-state index contributed by atoms with van der Waals surface area (Å²) in [5, 5.41) is 2.87. The molecule has 0 aliphatic heterocycles. The van der Waals surface area contributed by atoms with Crippen LogP contribution in [0.1, 0.15) is 20.3 Å². The minimum Gasteiger partial charge on any atom is -0.488 e. The molecule has 0 fully saturated rings. The van der Waals surface area contributed by atoms with E-state index in [4.69, 9.17) is 4.74 Å². The first-order valence-corrected chi connectivity index (χ1v) is 4.42. The number of anilines is 1. The molecule has 0 radical (unpaired) electrons. The summed E-state index contributed by atoms with van der Waals surface area (Å²) in [6, 6.07) is 0. The van der Waals surface area contributed by atoms with Gasteiger partial charge in [0.25, 0.3) is 10.9 Å². The van der Waals surface area contributed by atoms with Gasteiger partial charge in [-0.25, -0.2) is 0 Å². The normalized spacial score (nSPS) is 10.3. The van der Waals surface area contributed by atoms with Gasteiger partial charge in [-0.1, -0.05) is 6.92 Å². The van der Waals surface area contributed by atoms with Gasteiger partial charge < -0.3 is 10.1 Å². The Kier molecular flexibility index (Phi) is 3.06. The third-order valence-corrected chi connectivity index (χ3v) is 1.71. The summed E-state index contributed by atoms with van der Waals surface area (Å²) in [5.74, 6) is 0.195. The van der Waals surface area contributed by atoms with Crippen molar-refractivity contribution in [3.8, 4) is 5.75 Å². The van der Waals surface area contributed by atoms with Crippen molar-refractivity contribution in [2.24, 2.45) is 0 Å². The summed E-state index contributed by atoms with van der Waals surface area (Å²) in [7, 11) is 0. The highest BCUT2D eigenvalue weighted by molar-refractivity contribution is 5.61. The van der Waals surface area contributed by atoms with Crippen molar-refractivity contribution in [3.05, 3.63) is 20.4 Å². The topological polar surface area (TPSA) is 55.4 Å². The van der Waals surface area contributed by atoms with Gasteiger partial charge >= 0.3 is 0 Å². The van der Waals surface area contributed by atoms with E-state index in [0.29, 0.717) is 18.8 Å². The van der Waals surface area contributed by atoms with Crippen LogP contribution in [0.3, 0.4) is 0 Å². The van der Waals surface area contributed by atoms with Gasteiger partial charge in [-0.2, -0.15) is 0 Å². The molecule has 0 atom stereocenters. The van der Waals surface area contributed by atoms with E-state index in [1.807, 2.05) is 6.92 Å². The second kappa shape index (κ2) is 4.07. The quantitative estimate of drug-likeness (QED) is 0.675. The van der Waals surface area contributed by atoms with Crippen LogP contribution in [0.4, 0.5) is 5.69 Å². The van der Waals surface area contributed by atoms with Gasteiger partial charge in [0, 0.05) is 6.54 Å². The Morgan fingerprint density at radius 1 is 1.23 bits per heavy atom. The fraction of sp³-hybridized carbons (Fsp3) is 0.556. The first kappa shape index (κ1) is 9.77. The van der Waals surface area contributed by atoms with Crippen molar-refractivity contribution in [2.45, 2.75) is 20.3 Å². The highest BCUT2D eigenvalue weighted by atomic mass is 16.5. The fourth-order valence-corrected chi connectivity index (χ4v) is 1.06. The van der Waals surface area contributed by atoms with Gasteiger partial charge in [-0.15, -0.1) is 0 Å². The third-order valence-electron chi connectivity index (χ3n) is 1.71. The molecular formula is C9H13NO3. The zero-order valence-corrected chi connectivity index (χ0v) is 7.85. The smallest absolute Gasteiger partial charge is 0.272 e. The lowest BCUT2D eigenvalue weighted by atomic mass is 10.2. The van der Waals surface area contributed by atoms with E-state index in [1.54, 1.807) is 6.92 Å². The summed E-state index contributed by atoms with van der Waals surface area (Å²) in [4.78, 5) is 22.0. The molecular weight excluding hydrogens is 170 g/mol. The Hall–Kier alpha value is -1.32. The highest BCUT2D eigenvalue weighted by Gasteiger charge is 2.21. The van der Waals surface area contributed by atoms with Crippen molar-refractivity contribution in [3.63, 3.8) is 0 Å². The Labute approximate surface area is 76.2 Å².